The van der Waals surface area contributed by atoms with Gasteiger partial charge in [-0.2, -0.15) is 0 Å². The first-order chi connectivity index (χ1) is 8.79. The third-order valence-corrected chi connectivity index (χ3v) is 3.94. The molecule has 1 saturated carbocycles. The lowest BCUT2D eigenvalue weighted by atomic mass is 9.81. The van der Waals surface area contributed by atoms with Crippen LogP contribution in [0.1, 0.15) is 39.0 Å². The number of hydrogen-bond acceptors (Lipinski definition) is 2. The molecule has 0 bridgehead atoms. The van der Waals surface area contributed by atoms with E-state index in [0.29, 0.717) is 0 Å². The SMILES string of the molecule is C=CCNc1nccn1CCC1CCCC(C)C1. The van der Waals surface area contributed by atoms with Crippen molar-refractivity contribution < 1.29 is 0 Å². The van der Waals surface area contributed by atoms with E-state index in [4.69, 9.17) is 0 Å². The van der Waals surface area contributed by atoms with E-state index in [1.807, 2.05) is 12.3 Å². The van der Waals surface area contributed by atoms with Gasteiger partial charge in [-0.3, -0.25) is 0 Å². The Balaban J connectivity index is 1.82. The van der Waals surface area contributed by atoms with E-state index in [2.05, 4.69) is 34.6 Å². The Labute approximate surface area is 110 Å². The predicted molar refractivity (Wildman–Crippen MR) is 76.7 cm³/mol. The van der Waals surface area contributed by atoms with Gasteiger partial charge in [0.1, 0.15) is 0 Å². The van der Waals surface area contributed by atoms with Crippen molar-refractivity contribution in [2.75, 3.05) is 11.9 Å². The van der Waals surface area contributed by atoms with Crippen molar-refractivity contribution in [1.82, 2.24) is 9.55 Å². The van der Waals surface area contributed by atoms with Crippen molar-refractivity contribution in [2.45, 2.75) is 45.6 Å². The maximum absolute atomic E-state index is 4.34. The minimum atomic E-state index is 0.775. The normalized spacial score (nSPS) is 23.8. The number of rotatable bonds is 6. The molecule has 1 aromatic rings. The van der Waals surface area contributed by atoms with Gasteiger partial charge in [-0.1, -0.05) is 32.3 Å². The van der Waals surface area contributed by atoms with E-state index >= 15 is 0 Å². The van der Waals surface area contributed by atoms with Crippen LogP contribution in [0.3, 0.4) is 0 Å². The molecular formula is C15H25N3. The first kappa shape index (κ1) is 13.2. The van der Waals surface area contributed by atoms with Crippen LogP contribution in [-0.2, 0) is 6.54 Å². The molecular weight excluding hydrogens is 222 g/mol. The summed E-state index contributed by atoms with van der Waals surface area (Å²) in [6.45, 7) is 7.96. The van der Waals surface area contributed by atoms with Gasteiger partial charge >= 0.3 is 0 Å². The van der Waals surface area contributed by atoms with Gasteiger partial charge in [-0.15, -0.1) is 6.58 Å². The Morgan fingerprint density at radius 1 is 1.56 bits per heavy atom. The first-order valence-electron chi connectivity index (χ1n) is 7.15. The van der Waals surface area contributed by atoms with E-state index in [0.717, 1.165) is 30.9 Å². The van der Waals surface area contributed by atoms with Crippen molar-refractivity contribution in [1.29, 1.82) is 0 Å². The molecule has 1 heterocycles. The first-order valence-corrected chi connectivity index (χ1v) is 7.15. The smallest absolute Gasteiger partial charge is 0.203 e. The Morgan fingerprint density at radius 2 is 2.44 bits per heavy atom. The molecule has 1 aliphatic carbocycles. The molecule has 0 saturated heterocycles. The van der Waals surface area contributed by atoms with Crippen LogP contribution in [0.2, 0.25) is 0 Å². The fraction of sp³-hybridized carbons (Fsp3) is 0.667. The fourth-order valence-corrected chi connectivity index (χ4v) is 2.96. The van der Waals surface area contributed by atoms with E-state index < -0.39 is 0 Å². The lowest BCUT2D eigenvalue weighted by Crippen LogP contribution is -2.16. The van der Waals surface area contributed by atoms with Crippen LogP contribution >= 0.6 is 0 Å². The molecule has 2 atom stereocenters. The summed E-state index contributed by atoms with van der Waals surface area (Å²) in [4.78, 5) is 4.34. The molecule has 0 amide bonds. The number of hydrogen-bond donors (Lipinski definition) is 1. The van der Waals surface area contributed by atoms with Crippen LogP contribution in [0.5, 0.6) is 0 Å². The highest BCUT2D eigenvalue weighted by Crippen LogP contribution is 2.31. The molecule has 3 nitrogen and oxygen atoms in total. The van der Waals surface area contributed by atoms with Crippen LogP contribution < -0.4 is 5.32 Å². The van der Waals surface area contributed by atoms with Gasteiger partial charge in [0, 0.05) is 25.5 Å². The minimum Gasteiger partial charge on any atom is -0.352 e. The predicted octanol–water partition coefficient (Wildman–Crippen LogP) is 3.70. The van der Waals surface area contributed by atoms with Gasteiger partial charge in [-0.05, 0) is 24.7 Å². The van der Waals surface area contributed by atoms with Gasteiger partial charge in [0.15, 0.2) is 0 Å². The van der Waals surface area contributed by atoms with Crippen LogP contribution in [-0.4, -0.2) is 16.1 Å². The van der Waals surface area contributed by atoms with Crippen molar-refractivity contribution >= 4 is 5.95 Å². The Kier molecular flexibility index (Phi) is 4.85. The van der Waals surface area contributed by atoms with Gasteiger partial charge in [0.25, 0.3) is 0 Å². The number of nitrogens with zero attached hydrogens (tertiary/aromatic N) is 2. The van der Waals surface area contributed by atoms with Crippen molar-refractivity contribution in [2.24, 2.45) is 11.8 Å². The molecule has 0 aliphatic heterocycles. The third-order valence-electron chi connectivity index (χ3n) is 3.94. The van der Waals surface area contributed by atoms with Crippen LogP contribution in [0, 0.1) is 11.8 Å². The molecule has 1 fully saturated rings. The molecule has 3 heteroatoms. The van der Waals surface area contributed by atoms with E-state index in [1.165, 1.54) is 32.1 Å². The summed E-state index contributed by atoms with van der Waals surface area (Å²) in [6, 6.07) is 0. The molecule has 100 valence electrons. The Bertz CT molecular complexity index is 370. The Morgan fingerprint density at radius 3 is 3.22 bits per heavy atom. The van der Waals surface area contributed by atoms with Crippen molar-refractivity contribution in [3.05, 3.63) is 25.0 Å². The number of aromatic nitrogens is 2. The highest BCUT2D eigenvalue weighted by Gasteiger charge is 2.18. The quantitative estimate of drug-likeness (QED) is 0.777. The summed E-state index contributed by atoms with van der Waals surface area (Å²) in [5.41, 5.74) is 0. The number of aryl methyl sites for hydroxylation is 1. The molecule has 1 aliphatic rings. The van der Waals surface area contributed by atoms with Gasteiger partial charge < -0.3 is 9.88 Å². The summed E-state index contributed by atoms with van der Waals surface area (Å²) in [5.74, 6) is 2.80. The number of nitrogens with one attached hydrogen (secondary N) is 1. The second-order valence-electron chi connectivity index (χ2n) is 5.54. The lowest BCUT2D eigenvalue weighted by molar-refractivity contribution is 0.261. The zero-order chi connectivity index (χ0) is 12.8. The van der Waals surface area contributed by atoms with Gasteiger partial charge in [-0.25, -0.2) is 4.98 Å². The van der Waals surface area contributed by atoms with Crippen molar-refractivity contribution in [3.63, 3.8) is 0 Å². The topological polar surface area (TPSA) is 29.9 Å². The maximum atomic E-state index is 4.34. The lowest BCUT2D eigenvalue weighted by Gasteiger charge is -2.26. The second kappa shape index (κ2) is 6.62. The fourth-order valence-electron chi connectivity index (χ4n) is 2.96. The minimum absolute atomic E-state index is 0.775. The van der Waals surface area contributed by atoms with E-state index in [9.17, 15) is 0 Å². The van der Waals surface area contributed by atoms with E-state index in [-0.39, 0.29) is 0 Å². The highest BCUT2D eigenvalue weighted by molar-refractivity contribution is 5.26. The second-order valence-corrected chi connectivity index (χ2v) is 5.54. The summed E-state index contributed by atoms with van der Waals surface area (Å²) in [5, 5.41) is 3.27. The molecule has 2 rings (SSSR count). The van der Waals surface area contributed by atoms with E-state index in [1.54, 1.807) is 0 Å². The standard InChI is InChI=1S/C15H25N3/c1-3-8-16-15-17-9-11-18(15)10-7-14-6-4-5-13(2)12-14/h3,9,11,13-14H,1,4-8,10,12H2,2H3,(H,16,17). The maximum Gasteiger partial charge on any atom is 0.203 e. The van der Waals surface area contributed by atoms with Crippen LogP contribution in [0.4, 0.5) is 5.95 Å². The van der Waals surface area contributed by atoms with Gasteiger partial charge in [0.05, 0.1) is 0 Å². The number of anilines is 1. The zero-order valence-electron chi connectivity index (χ0n) is 11.4. The molecule has 18 heavy (non-hydrogen) atoms. The number of imidazole rings is 1. The third kappa shape index (κ3) is 3.62. The molecule has 2 unspecified atom stereocenters. The van der Waals surface area contributed by atoms with Crippen molar-refractivity contribution in [3.8, 4) is 0 Å². The highest BCUT2D eigenvalue weighted by atomic mass is 15.2. The zero-order valence-corrected chi connectivity index (χ0v) is 11.4. The molecule has 1 aromatic heterocycles. The summed E-state index contributed by atoms with van der Waals surface area (Å²) >= 11 is 0. The average molecular weight is 247 g/mol. The molecule has 0 radical (unpaired) electrons. The summed E-state index contributed by atoms with van der Waals surface area (Å²) in [6.07, 6.45) is 12.7. The summed E-state index contributed by atoms with van der Waals surface area (Å²) in [7, 11) is 0. The summed E-state index contributed by atoms with van der Waals surface area (Å²) < 4.78 is 2.22. The largest absolute Gasteiger partial charge is 0.352 e. The molecule has 0 aromatic carbocycles. The van der Waals surface area contributed by atoms with Crippen LogP contribution in [0.25, 0.3) is 0 Å². The molecule has 0 spiro atoms. The average Bonchev–Trinajstić information content (AvgIpc) is 2.81. The van der Waals surface area contributed by atoms with Crippen LogP contribution in [0.15, 0.2) is 25.0 Å². The molecule has 1 N–H and O–H groups in total. The van der Waals surface area contributed by atoms with Gasteiger partial charge in [0.2, 0.25) is 5.95 Å². The Hall–Kier alpha value is -1.25. The monoisotopic (exact) mass is 247 g/mol.